The molecule has 6 heteroatoms. The molecule has 27 heavy (non-hydrogen) atoms. The molecule has 0 saturated heterocycles. The minimum atomic E-state index is -0.975. The Balaban J connectivity index is 1.70. The average molecular weight is 384 g/mol. The van der Waals surface area contributed by atoms with E-state index in [1.165, 1.54) is 14.0 Å². The van der Waals surface area contributed by atoms with E-state index < -0.39 is 18.0 Å². The molecule has 5 nitrogen and oxygen atoms in total. The number of carbonyl (C=O) groups is 2. The fourth-order valence-corrected chi connectivity index (χ4v) is 2.93. The third-order valence-electron chi connectivity index (χ3n) is 4.08. The monoisotopic (exact) mass is 383 g/mol. The third kappa shape index (κ3) is 4.20. The van der Waals surface area contributed by atoms with E-state index >= 15 is 0 Å². The van der Waals surface area contributed by atoms with Gasteiger partial charge in [-0.25, -0.2) is 4.79 Å². The zero-order chi connectivity index (χ0) is 19.4. The first-order valence-corrected chi connectivity index (χ1v) is 8.70. The van der Waals surface area contributed by atoms with Gasteiger partial charge in [-0.1, -0.05) is 48.0 Å². The van der Waals surface area contributed by atoms with Crippen molar-refractivity contribution in [2.45, 2.75) is 13.0 Å². The van der Waals surface area contributed by atoms with E-state index in [-0.39, 0.29) is 0 Å². The summed E-state index contributed by atoms with van der Waals surface area (Å²) < 4.78 is 10.4. The molecule has 0 fully saturated rings. The Hall–Kier alpha value is -3.05. The maximum atomic E-state index is 12.5. The van der Waals surface area contributed by atoms with Crippen molar-refractivity contribution in [1.82, 2.24) is 0 Å². The van der Waals surface area contributed by atoms with Crippen LogP contribution in [0.3, 0.4) is 0 Å². The second-order valence-electron chi connectivity index (χ2n) is 5.91. The van der Waals surface area contributed by atoms with Crippen LogP contribution in [-0.4, -0.2) is 25.1 Å². The van der Waals surface area contributed by atoms with Gasteiger partial charge in [0.2, 0.25) is 0 Å². The molecule has 0 heterocycles. The van der Waals surface area contributed by atoms with Crippen LogP contribution >= 0.6 is 11.6 Å². The molecule has 138 valence electrons. The van der Waals surface area contributed by atoms with Gasteiger partial charge in [0.25, 0.3) is 5.91 Å². The standard InChI is InChI=1S/C21H18ClNO4/c1-13(20(24)23-15-10-11-19(26-2)18(22)12-15)27-21(25)17-9-5-7-14-6-3-4-8-16(14)17/h3-13H,1-2H3,(H,23,24)/t13-/m0/s1. The number of benzene rings is 3. The number of hydrogen-bond donors (Lipinski definition) is 1. The molecule has 0 aliphatic carbocycles. The topological polar surface area (TPSA) is 64.6 Å². The van der Waals surface area contributed by atoms with Crippen LogP contribution in [0.15, 0.2) is 60.7 Å². The number of fused-ring (bicyclic) bond motifs is 1. The minimum absolute atomic E-state index is 0.371. The van der Waals surface area contributed by atoms with Gasteiger partial charge in [-0.3, -0.25) is 4.79 Å². The van der Waals surface area contributed by atoms with Crippen LogP contribution in [0, 0.1) is 0 Å². The zero-order valence-corrected chi connectivity index (χ0v) is 15.6. The molecule has 0 aromatic heterocycles. The predicted octanol–water partition coefficient (Wildman–Crippen LogP) is 4.69. The SMILES string of the molecule is COc1ccc(NC(=O)[C@H](C)OC(=O)c2cccc3ccccc23)cc1Cl. The molecule has 3 aromatic carbocycles. The van der Waals surface area contributed by atoms with E-state index in [1.807, 2.05) is 30.3 Å². The Morgan fingerprint density at radius 3 is 2.52 bits per heavy atom. The number of esters is 1. The number of ether oxygens (including phenoxy) is 2. The lowest BCUT2D eigenvalue weighted by atomic mass is 10.0. The van der Waals surface area contributed by atoms with Crippen molar-refractivity contribution in [2.75, 3.05) is 12.4 Å². The van der Waals surface area contributed by atoms with Crippen molar-refractivity contribution in [1.29, 1.82) is 0 Å². The lowest BCUT2D eigenvalue weighted by molar-refractivity contribution is -0.123. The van der Waals surface area contributed by atoms with Crippen molar-refractivity contribution < 1.29 is 19.1 Å². The number of hydrogen-bond acceptors (Lipinski definition) is 4. The van der Waals surface area contributed by atoms with E-state index in [1.54, 1.807) is 30.3 Å². The summed E-state index contributed by atoms with van der Waals surface area (Å²) in [6.07, 6.45) is -0.975. The van der Waals surface area contributed by atoms with Gasteiger partial charge in [0.1, 0.15) is 5.75 Å². The number of methoxy groups -OCH3 is 1. The van der Waals surface area contributed by atoms with Crippen molar-refractivity contribution in [3.05, 3.63) is 71.2 Å². The van der Waals surface area contributed by atoms with Gasteiger partial charge in [-0.15, -0.1) is 0 Å². The zero-order valence-electron chi connectivity index (χ0n) is 14.9. The van der Waals surface area contributed by atoms with Crippen LogP contribution in [0.4, 0.5) is 5.69 Å². The lowest BCUT2D eigenvalue weighted by Gasteiger charge is -2.15. The number of amides is 1. The molecule has 0 aliphatic heterocycles. The van der Waals surface area contributed by atoms with Crippen molar-refractivity contribution in [3.8, 4) is 5.75 Å². The maximum absolute atomic E-state index is 12.5. The van der Waals surface area contributed by atoms with E-state index in [0.717, 1.165) is 10.8 Å². The molecule has 1 amide bonds. The van der Waals surface area contributed by atoms with Crippen molar-refractivity contribution in [3.63, 3.8) is 0 Å². The van der Waals surface area contributed by atoms with E-state index in [2.05, 4.69) is 5.32 Å². The van der Waals surface area contributed by atoms with Crippen LogP contribution in [0.5, 0.6) is 5.75 Å². The number of nitrogens with one attached hydrogen (secondary N) is 1. The molecule has 0 radical (unpaired) electrons. The van der Waals surface area contributed by atoms with Crippen LogP contribution < -0.4 is 10.1 Å². The summed E-state index contributed by atoms with van der Waals surface area (Å²) in [4.78, 5) is 24.9. The second kappa shape index (κ2) is 8.10. The van der Waals surface area contributed by atoms with Gasteiger partial charge in [0.15, 0.2) is 6.10 Å². The van der Waals surface area contributed by atoms with Crippen LogP contribution in [-0.2, 0) is 9.53 Å². The van der Waals surface area contributed by atoms with Crippen LogP contribution in [0.2, 0.25) is 5.02 Å². The fourth-order valence-electron chi connectivity index (χ4n) is 2.67. The van der Waals surface area contributed by atoms with Gasteiger partial charge in [-0.2, -0.15) is 0 Å². The highest BCUT2D eigenvalue weighted by Crippen LogP contribution is 2.27. The van der Waals surface area contributed by atoms with Crippen LogP contribution in [0.25, 0.3) is 10.8 Å². The normalized spacial score (nSPS) is 11.7. The van der Waals surface area contributed by atoms with Gasteiger partial charge < -0.3 is 14.8 Å². The largest absolute Gasteiger partial charge is 0.495 e. The number of halogens is 1. The smallest absolute Gasteiger partial charge is 0.339 e. The number of rotatable bonds is 5. The van der Waals surface area contributed by atoms with Gasteiger partial charge >= 0.3 is 5.97 Å². The number of carbonyl (C=O) groups excluding carboxylic acids is 2. The summed E-state index contributed by atoms with van der Waals surface area (Å²) in [6.45, 7) is 1.52. The summed E-state index contributed by atoms with van der Waals surface area (Å²) in [7, 11) is 1.51. The molecule has 0 unspecified atom stereocenters. The Kier molecular flexibility index (Phi) is 5.62. The summed E-state index contributed by atoms with van der Waals surface area (Å²) in [6, 6.07) is 17.7. The highest BCUT2D eigenvalue weighted by molar-refractivity contribution is 6.32. The summed E-state index contributed by atoms with van der Waals surface area (Å²) in [5.41, 5.74) is 0.902. The second-order valence-corrected chi connectivity index (χ2v) is 6.32. The molecule has 0 bridgehead atoms. The quantitative estimate of drug-likeness (QED) is 0.649. The molecule has 1 atom stereocenters. The van der Waals surface area contributed by atoms with E-state index in [0.29, 0.717) is 22.0 Å². The van der Waals surface area contributed by atoms with Gasteiger partial charge in [-0.05, 0) is 42.0 Å². The first kappa shape index (κ1) is 18.7. The van der Waals surface area contributed by atoms with Crippen molar-refractivity contribution >= 4 is 39.9 Å². The first-order chi connectivity index (χ1) is 13.0. The van der Waals surface area contributed by atoms with Gasteiger partial charge in [0.05, 0.1) is 17.7 Å². The maximum Gasteiger partial charge on any atom is 0.339 e. The van der Waals surface area contributed by atoms with Gasteiger partial charge in [0, 0.05) is 5.69 Å². The molecule has 0 saturated carbocycles. The van der Waals surface area contributed by atoms with E-state index in [9.17, 15) is 9.59 Å². The third-order valence-corrected chi connectivity index (χ3v) is 4.38. The van der Waals surface area contributed by atoms with E-state index in [4.69, 9.17) is 21.1 Å². The predicted molar refractivity (Wildman–Crippen MR) is 105 cm³/mol. The summed E-state index contributed by atoms with van der Waals surface area (Å²) in [5.74, 6) is -0.503. The average Bonchev–Trinajstić information content (AvgIpc) is 2.67. The Labute approximate surface area is 161 Å². The summed E-state index contributed by atoms with van der Waals surface area (Å²) >= 11 is 6.05. The molecule has 0 aliphatic rings. The summed E-state index contributed by atoms with van der Waals surface area (Å²) in [5, 5.41) is 4.75. The van der Waals surface area contributed by atoms with Crippen LogP contribution in [0.1, 0.15) is 17.3 Å². The highest BCUT2D eigenvalue weighted by atomic mass is 35.5. The molecular weight excluding hydrogens is 366 g/mol. The minimum Gasteiger partial charge on any atom is -0.495 e. The fraction of sp³-hybridized carbons (Fsp3) is 0.143. The first-order valence-electron chi connectivity index (χ1n) is 8.32. The molecule has 0 spiro atoms. The Bertz CT molecular complexity index is 997. The molecular formula is C21H18ClNO4. The highest BCUT2D eigenvalue weighted by Gasteiger charge is 2.20. The molecule has 3 aromatic rings. The Morgan fingerprint density at radius 1 is 1.04 bits per heavy atom. The van der Waals surface area contributed by atoms with Crippen molar-refractivity contribution in [2.24, 2.45) is 0 Å². The lowest BCUT2D eigenvalue weighted by Crippen LogP contribution is -2.30. The molecule has 3 rings (SSSR count). The number of anilines is 1. The Morgan fingerprint density at radius 2 is 1.78 bits per heavy atom. The molecule has 1 N–H and O–H groups in total.